The number of aliphatic hydroxyl groups excluding tert-OH is 2. The van der Waals surface area contributed by atoms with E-state index in [-0.39, 0.29) is 13.2 Å². The van der Waals surface area contributed by atoms with Crippen LogP contribution in [0, 0.1) is 0 Å². The van der Waals surface area contributed by atoms with Gasteiger partial charge >= 0.3 is 0 Å². The third kappa shape index (κ3) is 3.85. The lowest BCUT2D eigenvalue weighted by Crippen LogP contribution is -2.23. The monoisotopic (exact) mass is 373 g/mol. The SMILES string of the molecule is CCc1[nH]c2nc(Sc3cccnc3)nc(NCC(O)CO)c2c1C=O. The van der Waals surface area contributed by atoms with Gasteiger partial charge in [-0.1, -0.05) is 6.92 Å². The van der Waals surface area contributed by atoms with Crippen LogP contribution in [0.5, 0.6) is 0 Å². The summed E-state index contributed by atoms with van der Waals surface area (Å²) in [7, 11) is 0. The topological polar surface area (TPSA) is 124 Å². The molecule has 0 aliphatic carbocycles. The van der Waals surface area contributed by atoms with E-state index in [1.165, 1.54) is 11.8 Å². The molecule has 1 atom stereocenters. The van der Waals surface area contributed by atoms with Gasteiger partial charge in [0.1, 0.15) is 11.5 Å². The standard InChI is InChI=1S/C17H19N5O3S/c1-2-13-12(9-24)14-15(19-6-10(25)8-23)21-17(22-16(14)20-13)26-11-4-3-5-18-7-11/h3-5,7,9-10,23,25H,2,6,8H2,1H3,(H2,19,20,21,22). The highest BCUT2D eigenvalue weighted by molar-refractivity contribution is 7.99. The third-order valence-electron chi connectivity index (χ3n) is 3.78. The zero-order valence-electron chi connectivity index (χ0n) is 14.1. The van der Waals surface area contributed by atoms with E-state index in [0.29, 0.717) is 34.0 Å². The van der Waals surface area contributed by atoms with Crippen molar-refractivity contribution >= 4 is 34.9 Å². The Morgan fingerprint density at radius 3 is 2.92 bits per heavy atom. The first kappa shape index (κ1) is 18.3. The maximum absolute atomic E-state index is 11.6. The highest BCUT2D eigenvalue weighted by Gasteiger charge is 2.18. The number of pyridine rings is 1. The van der Waals surface area contributed by atoms with Gasteiger partial charge in [-0.2, -0.15) is 0 Å². The highest BCUT2D eigenvalue weighted by Crippen LogP contribution is 2.31. The molecule has 136 valence electrons. The Hall–Kier alpha value is -2.49. The van der Waals surface area contributed by atoms with Crippen molar-refractivity contribution in [3.63, 3.8) is 0 Å². The van der Waals surface area contributed by atoms with E-state index >= 15 is 0 Å². The van der Waals surface area contributed by atoms with Gasteiger partial charge in [0.2, 0.25) is 0 Å². The van der Waals surface area contributed by atoms with Crippen molar-refractivity contribution in [1.82, 2.24) is 19.9 Å². The first-order valence-corrected chi connectivity index (χ1v) is 8.96. The van der Waals surface area contributed by atoms with Crippen molar-refractivity contribution in [2.45, 2.75) is 29.5 Å². The smallest absolute Gasteiger partial charge is 0.196 e. The van der Waals surface area contributed by atoms with Gasteiger partial charge in [-0.25, -0.2) is 9.97 Å². The lowest BCUT2D eigenvalue weighted by molar-refractivity contribution is 0.105. The summed E-state index contributed by atoms with van der Waals surface area (Å²) in [6.07, 6.45) is 3.89. The van der Waals surface area contributed by atoms with Crippen LogP contribution in [-0.4, -0.2) is 55.7 Å². The van der Waals surface area contributed by atoms with Gasteiger partial charge in [-0.05, 0) is 30.3 Å². The Bertz CT molecular complexity index is 900. The van der Waals surface area contributed by atoms with Crippen molar-refractivity contribution in [2.24, 2.45) is 0 Å². The van der Waals surface area contributed by atoms with Crippen LogP contribution >= 0.6 is 11.8 Å². The minimum Gasteiger partial charge on any atom is -0.394 e. The Morgan fingerprint density at radius 2 is 2.27 bits per heavy atom. The molecule has 3 aromatic heterocycles. The van der Waals surface area contributed by atoms with Gasteiger partial charge in [0.15, 0.2) is 11.4 Å². The van der Waals surface area contributed by atoms with E-state index in [0.717, 1.165) is 16.9 Å². The van der Waals surface area contributed by atoms with Crippen LogP contribution in [0.3, 0.4) is 0 Å². The molecule has 4 N–H and O–H groups in total. The number of hydrogen-bond donors (Lipinski definition) is 4. The Kier molecular flexibility index (Phi) is 5.82. The molecule has 26 heavy (non-hydrogen) atoms. The molecule has 0 aliphatic heterocycles. The summed E-state index contributed by atoms with van der Waals surface area (Å²) in [6, 6.07) is 3.73. The third-order valence-corrected chi connectivity index (χ3v) is 4.63. The number of fused-ring (bicyclic) bond motifs is 1. The number of nitrogens with one attached hydrogen (secondary N) is 2. The minimum absolute atomic E-state index is 0.102. The minimum atomic E-state index is -0.932. The number of H-pyrrole nitrogens is 1. The van der Waals surface area contributed by atoms with Crippen LogP contribution < -0.4 is 5.32 Å². The van der Waals surface area contributed by atoms with Crippen molar-refractivity contribution < 1.29 is 15.0 Å². The molecule has 0 saturated carbocycles. The molecule has 8 nitrogen and oxygen atoms in total. The van der Waals surface area contributed by atoms with Crippen LogP contribution in [0.1, 0.15) is 23.0 Å². The fourth-order valence-corrected chi connectivity index (χ4v) is 3.27. The second kappa shape index (κ2) is 8.26. The predicted molar refractivity (Wildman–Crippen MR) is 98.6 cm³/mol. The van der Waals surface area contributed by atoms with E-state index in [1.54, 1.807) is 12.4 Å². The van der Waals surface area contributed by atoms with E-state index < -0.39 is 6.10 Å². The van der Waals surface area contributed by atoms with E-state index in [4.69, 9.17) is 5.11 Å². The molecule has 1 unspecified atom stereocenters. The maximum atomic E-state index is 11.6. The van der Waals surface area contributed by atoms with Gasteiger partial charge in [-0.15, -0.1) is 0 Å². The number of carbonyl (C=O) groups excluding carboxylic acids is 1. The summed E-state index contributed by atoms with van der Waals surface area (Å²) in [5, 5.41) is 22.7. The molecule has 0 aliphatic rings. The average Bonchev–Trinajstić information content (AvgIpc) is 3.04. The quantitative estimate of drug-likeness (QED) is 0.347. The van der Waals surface area contributed by atoms with Gasteiger partial charge in [0.05, 0.1) is 18.1 Å². The zero-order valence-corrected chi connectivity index (χ0v) is 15.0. The number of nitrogens with zero attached hydrogens (tertiary/aromatic N) is 3. The van der Waals surface area contributed by atoms with Crippen LogP contribution in [0.25, 0.3) is 11.0 Å². The van der Waals surface area contributed by atoms with E-state index in [9.17, 15) is 9.90 Å². The van der Waals surface area contributed by atoms with E-state index in [2.05, 4.69) is 25.3 Å². The summed E-state index contributed by atoms with van der Waals surface area (Å²) in [5.74, 6) is 0.437. The molecule has 0 amide bonds. The average molecular weight is 373 g/mol. The van der Waals surface area contributed by atoms with Crippen molar-refractivity contribution in [2.75, 3.05) is 18.5 Å². The number of aromatic nitrogens is 4. The van der Waals surface area contributed by atoms with Crippen molar-refractivity contribution in [3.8, 4) is 0 Å². The van der Waals surface area contributed by atoms with Crippen LogP contribution in [0.2, 0.25) is 0 Å². The number of anilines is 1. The normalized spacial score (nSPS) is 12.3. The highest BCUT2D eigenvalue weighted by atomic mass is 32.2. The summed E-state index contributed by atoms with van der Waals surface area (Å²) in [6.45, 7) is 1.68. The number of hydrogen-bond acceptors (Lipinski definition) is 8. The van der Waals surface area contributed by atoms with E-state index in [1.807, 2.05) is 19.1 Å². The fraction of sp³-hybridized carbons (Fsp3) is 0.294. The summed E-state index contributed by atoms with van der Waals surface area (Å²) in [5.41, 5.74) is 1.83. The first-order valence-electron chi connectivity index (χ1n) is 8.14. The number of aliphatic hydroxyl groups is 2. The molecule has 0 spiro atoms. The van der Waals surface area contributed by atoms with Crippen LogP contribution in [0.4, 0.5) is 5.82 Å². The molecule has 9 heteroatoms. The number of aldehydes is 1. The second-order valence-corrected chi connectivity index (χ2v) is 6.62. The second-order valence-electron chi connectivity index (χ2n) is 5.58. The first-order chi connectivity index (χ1) is 12.7. The summed E-state index contributed by atoms with van der Waals surface area (Å²) in [4.78, 5) is 28.7. The number of aryl methyl sites for hydroxylation is 1. The lowest BCUT2D eigenvalue weighted by Gasteiger charge is -2.11. The molecule has 0 radical (unpaired) electrons. The molecular formula is C17H19N5O3S. The number of rotatable bonds is 8. The molecular weight excluding hydrogens is 354 g/mol. The predicted octanol–water partition coefficient (Wildman–Crippen LogP) is 1.64. The number of carbonyl (C=O) groups is 1. The Labute approximate surface area is 154 Å². The molecule has 0 saturated heterocycles. The summed E-state index contributed by atoms with van der Waals surface area (Å²) >= 11 is 1.34. The van der Waals surface area contributed by atoms with Gasteiger partial charge in [0.25, 0.3) is 0 Å². The van der Waals surface area contributed by atoms with Gasteiger partial charge < -0.3 is 20.5 Å². The van der Waals surface area contributed by atoms with Crippen molar-refractivity contribution in [3.05, 3.63) is 35.8 Å². The molecule has 3 rings (SSSR count). The van der Waals surface area contributed by atoms with Gasteiger partial charge in [0, 0.05) is 35.1 Å². The zero-order chi connectivity index (χ0) is 18.5. The van der Waals surface area contributed by atoms with Crippen molar-refractivity contribution in [1.29, 1.82) is 0 Å². The Balaban J connectivity index is 2.05. The number of aromatic amines is 1. The maximum Gasteiger partial charge on any atom is 0.196 e. The summed E-state index contributed by atoms with van der Waals surface area (Å²) < 4.78 is 0. The van der Waals surface area contributed by atoms with Crippen LogP contribution in [-0.2, 0) is 6.42 Å². The fourth-order valence-electron chi connectivity index (χ4n) is 2.52. The molecule has 3 aromatic rings. The van der Waals surface area contributed by atoms with Crippen LogP contribution in [0.15, 0.2) is 34.6 Å². The molecule has 0 bridgehead atoms. The Morgan fingerprint density at radius 1 is 1.42 bits per heavy atom. The van der Waals surface area contributed by atoms with Gasteiger partial charge in [-0.3, -0.25) is 9.78 Å². The molecule has 0 fully saturated rings. The molecule has 3 heterocycles. The molecule has 0 aromatic carbocycles. The largest absolute Gasteiger partial charge is 0.394 e. The lowest BCUT2D eigenvalue weighted by atomic mass is 10.1.